The molecule has 1 fully saturated rings. The summed E-state index contributed by atoms with van der Waals surface area (Å²) in [6.07, 6.45) is -0.0787. The fourth-order valence-corrected chi connectivity index (χ4v) is 4.89. The van der Waals surface area contributed by atoms with Gasteiger partial charge in [-0.3, -0.25) is 23.9 Å². The van der Waals surface area contributed by atoms with E-state index in [1.807, 2.05) is 0 Å². The Bertz CT molecular complexity index is 1000. The van der Waals surface area contributed by atoms with Crippen LogP contribution in [0.2, 0.25) is 0 Å². The standard InChI is InChI=1S/C19H26N4O9S2/c1-34(29,30)32-16-8-15(12-33-7-6-18(25)21-9-17(20)24)22(10-16)19(26)31-11-13-2-4-14(5-3-13)23(27)28/h2-5,15-16H,6-12H2,1H3,(H2,20,24)(H,21,25)/t15-,16+/m0/s1. The number of rotatable bonds is 12. The molecule has 0 spiro atoms. The van der Waals surface area contributed by atoms with Gasteiger partial charge in [0.2, 0.25) is 11.8 Å². The molecule has 1 aromatic carbocycles. The molecular weight excluding hydrogens is 492 g/mol. The van der Waals surface area contributed by atoms with Gasteiger partial charge in [-0.15, -0.1) is 0 Å². The second kappa shape index (κ2) is 12.5. The first kappa shape index (κ1) is 27.3. The van der Waals surface area contributed by atoms with E-state index in [9.17, 15) is 32.9 Å². The number of non-ortho nitro benzene ring substituents is 1. The summed E-state index contributed by atoms with van der Waals surface area (Å²) in [6.45, 7) is -0.355. The molecule has 1 aromatic rings. The van der Waals surface area contributed by atoms with E-state index in [-0.39, 0.29) is 44.1 Å². The van der Waals surface area contributed by atoms with Crippen LogP contribution in [0.25, 0.3) is 0 Å². The van der Waals surface area contributed by atoms with Crippen molar-refractivity contribution in [2.75, 3.05) is 30.9 Å². The van der Waals surface area contributed by atoms with Crippen molar-refractivity contribution < 1.29 is 36.6 Å². The molecule has 3 amide bonds. The minimum Gasteiger partial charge on any atom is -0.445 e. The molecule has 2 rings (SSSR count). The molecule has 34 heavy (non-hydrogen) atoms. The largest absolute Gasteiger partial charge is 0.445 e. The minimum absolute atomic E-state index is 0.0104. The van der Waals surface area contributed by atoms with Crippen LogP contribution in [0.4, 0.5) is 10.5 Å². The highest BCUT2D eigenvalue weighted by Crippen LogP contribution is 2.26. The third-order valence-corrected chi connectivity index (χ3v) is 6.41. The maximum atomic E-state index is 12.7. The van der Waals surface area contributed by atoms with Crippen molar-refractivity contribution in [3.63, 3.8) is 0 Å². The first-order chi connectivity index (χ1) is 15.9. The summed E-state index contributed by atoms with van der Waals surface area (Å²) in [5.74, 6) is -0.175. The molecule has 1 saturated heterocycles. The average molecular weight is 519 g/mol. The molecule has 15 heteroatoms. The lowest BCUT2D eigenvalue weighted by molar-refractivity contribution is -0.384. The van der Waals surface area contributed by atoms with Crippen LogP contribution >= 0.6 is 11.8 Å². The first-order valence-corrected chi connectivity index (χ1v) is 13.1. The van der Waals surface area contributed by atoms with E-state index < -0.39 is 39.2 Å². The van der Waals surface area contributed by atoms with E-state index in [1.54, 1.807) is 0 Å². The minimum atomic E-state index is -3.73. The van der Waals surface area contributed by atoms with Crippen molar-refractivity contribution in [2.45, 2.75) is 31.6 Å². The van der Waals surface area contributed by atoms with Gasteiger partial charge in [-0.05, 0) is 24.1 Å². The smallest absolute Gasteiger partial charge is 0.410 e. The number of carbonyl (C=O) groups is 3. The number of nitrogens with zero attached hydrogens (tertiary/aromatic N) is 2. The lowest BCUT2D eigenvalue weighted by Gasteiger charge is -2.23. The normalized spacial score (nSPS) is 17.9. The van der Waals surface area contributed by atoms with E-state index in [1.165, 1.54) is 40.9 Å². The molecule has 0 saturated carbocycles. The second-order valence-corrected chi connectivity index (χ2v) is 10.3. The van der Waals surface area contributed by atoms with Crippen LogP contribution in [0.5, 0.6) is 0 Å². The quantitative estimate of drug-likeness (QED) is 0.169. The number of hydrogen-bond acceptors (Lipinski definition) is 10. The molecule has 1 aliphatic rings. The SMILES string of the molecule is CS(=O)(=O)O[C@@H]1C[C@@H](CSCCC(=O)NCC(N)=O)N(C(=O)OCc2ccc([N+](=O)[O-])cc2)C1. The van der Waals surface area contributed by atoms with E-state index >= 15 is 0 Å². The number of carbonyl (C=O) groups excluding carboxylic acids is 3. The molecule has 0 radical (unpaired) electrons. The van der Waals surface area contributed by atoms with Crippen molar-refractivity contribution in [3.05, 3.63) is 39.9 Å². The Kier molecular flexibility index (Phi) is 10.1. The lowest BCUT2D eigenvalue weighted by atomic mass is 10.2. The molecule has 0 bridgehead atoms. The molecule has 188 valence electrons. The average Bonchev–Trinajstić information content (AvgIpc) is 3.14. The van der Waals surface area contributed by atoms with Crippen LogP contribution < -0.4 is 11.1 Å². The highest BCUT2D eigenvalue weighted by atomic mass is 32.2. The molecule has 13 nitrogen and oxygen atoms in total. The summed E-state index contributed by atoms with van der Waals surface area (Å²) in [6, 6.07) is 5.15. The highest BCUT2D eigenvalue weighted by Gasteiger charge is 2.38. The highest BCUT2D eigenvalue weighted by molar-refractivity contribution is 7.99. The zero-order chi connectivity index (χ0) is 25.3. The molecule has 0 aliphatic carbocycles. The van der Waals surface area contributed by atoms with Gasteiger partial charge in [0, 0.05) is 36.1 Å². The van der Waals surface area contributed by atoms with Crippen molar-refractivity contribution >= 4 is 45.5 Å². The monoisotopic (exact) mass is 518 g/mol. The Morgan fingerprint density at radius 1 is 1.29 bits per heavy atom. The summed E-state index contributed by atoms with van der Waals surface area (Å²) >= 11 is 1.38. The number of amides is 3. The Balaban J connectivity index is 1.91. The van der Waals surface area contributed by atoms with Crippen LogP contribution in [0.3, 0.4) is 0 Å². The maximum Gasteiger partial charge on any atom is 0.410 e. The maximum absolute atomic E-state index is 12.7. The summed E-state index contributed by atoms with van der Waals surface area (Å²) in [7, 11) is -3.73. The summed E-state index contributed by atoms with van der Waals surface area (Å²) in [5.41, 5.74) is 5.43. The van der Waals surface area contributed by atoms with Crippen molar-refractivity contribution in [1.82, 2.24) is 10.2 Å². The lowest BCUT2D eigenvalue weighted by Crippen LogP contribution is -2.38. The molecule has 1 aliphatic heterocycles. The van der Waals surface area contributed by atoms with Crippen LogP contribution in [0, 0.1) is 10.1 Å². The Morgan fingerprint density at radius 2 is 1.97 bits per heavy atom. The first-order valence-electron chi connectivity index (χ1n) is 10.1. The predicted molar refractivity (Wildman–Crippen MR) is 122 cm³/mol. The van der Waals surface area contributed by atoms with Gasteiger partial charge in [-0.25, -0.2) is 4.79 Å². The van der Waals surface area contributed by atoms with Crippen LogP contribution in [0.1, 0.15) is 18.4 Å². The van der Waals surface area contributed by atoms with Gasteiger partial charge >= 0.3 is 6.09 Å². The number of nitro benzene ring substituents is 1. The third kappa shape index (κ3) is 9.52. The van der Waals surface area contributed by atoms with Crippen molar-refractivity contribution in [2.24, 2.45) is 5.73 Å². The molecule has 1 heterocycles. The van der Waals surface area contributed by atoms with Gasteiger partial charge in [0.15, 0.2) is 0 Å². The number of nitro groups is 1. The van der Waals surface area contributed by atoms with E-state index in [0.29, 0.717) is 17.1 Å². The second-order valence-electron chi connectivity index (χ2n) is 7.51. The van der Waals surface area contributed by atoms with E-state index in [2.05, 4.69) is 5.32 Å². The van der Waals surface area contributed by atoms with Crippen molar-refractivity contribution in [3.8, 4) is 0 Å². The van der Waals surface area contributed by atoms with Gasteiger partial charge in [0.05, 0.1) is 30.4 Å². The Hall–Kier alpha value is -2.91. The van der Waals surface area contributed by atoms with Crippen molar-refractivity contribution in [1.29, 1.82) is 0 Å². The summed E-state index contributed by atoms with van der Waals surface area (Å²) in [4.78, 5) is 46.6. The number of nitrogens with two attached hydrogens (primary N) is 1. The van der Waals surface area contributed by atoms with E-state index in [0.717, 1.165) is 6.26 Å². The number of thioether (sulfide) groups is 1. The number of hydrogen-bond donors (Lipinski definition) is 2. The number of likely N-dealkylation sites (tertiary alicyclic amines) is 1. The fourth-order valence-electron chi connectivity index (χ4n) is 3.17. The Morgan fingerprint density at radius 3 is 2.56 bits per heavy atom. The number of nitrogens with one attached hydrogen (secondary N) is 1. The fraction of sp³-hybridized carbons (Fsp3) is 0.526. The van der Waals surface area contributed by atoms with Gasteiger partial charge < -0.3 is 20.7 Å². The summed E-state index contributed by atoms with van der Waals surface area (Å²) in [5, 5.41) is 13.1. The molecular formula is C19H26N4O9S2. The molecule has 2 atom stereocenters. The predicted octanol–water partition coefficient (Wildman–Crippen LogP) is 0.375. The number of ether oxygens (including phenoxy) is 1. The number of primary amides is 1. The topological polar surface area (TPSA) is 188 Å². The zero-order valence-electron chi connectivity index (χ0n) is 18.4. The number of benzene rings is 1. The third-order valence-electron chi connectivity index (χ3n) is 4.67. The summed E-state index contributed by atoms with van der Waals surface area (Å²) < 4.78 is 33.4. The van der Waals surface area contributed by atoms with Crippen LogP contribution in [-0.2, 0) is 35.2 Å². The van der Waals surface area contributed by atoms with Gasteiger partial charge in [0.1, 0.15) is 6.61 Å². The van der Waals surface area contributed by atoms with Gasteiger partial charge in [0.25, 0.3) is 15.8 Å². The zero-order valence-corrected chi connectivity index (χ0v) is 20.0. The van der Waals surface area contributed by atoms with Gasteiger partial charge in [-0.2, -0.15) is 20.2 Å². The Labute approximate surface area is 200 Å². The van der Waals surface area contributed by atoms with Crippen LogP contribution in [-0.4, -0.2) is 79.1 Å². The van der Waals surface area contributed by atoms with E-state index in [4.69, 9.17) is 14.7 Å². The van der Waals surface area contributed by atoms with Gasteiger partial charge in [-0.1, -0.05) is 0 Å². The molecule has 0 unspecified atom stereocenters. The molecule has 0 aromatic heterocycles. The molecule has 3 N–H and O–H groups in total. The van der Waals surface area contributed by atoms with Crippen LogP contribution in [0.15, 0.2) is 24.3 Å².